The topological polar surface area (TPSA) is 20.3 Å². The van der Waals surface area contributed by atoms with Crippen LogP contribution in [0.5, 0.6) is 0 Å². The maximum atomic E-state index is 11.6. The first-order valence-electron chi connectivity index (χ1n) is 5.14. The predicted octanol–water partition coefficient (Wildman–Crippen LogP) is 2.60. The quantitative estimate of drug-likeness (QED) is 0.580. The largest absolute Gasteiger partial charge is 0.340 e. The minimum atomic E-state index is 0.124. The van der Waals surface area contributed by atoms with Crippen molar-refractivity contribution in [3.8, 4) is 0 Å². The van der Waals surface area contributed by atoms with E-state index in [0.717, 1.165) is 37.9 Å². The van der Waals surface area contributed by atoms with E-state index in [9.17, 15) is 4.79 Å². The zero-order valence-corrected chi connectivity index (χ0v) is 9.10. The van der Waals surface area contributed by atoms with Crippen molar-refractivity contribution >= 4 is 5.91 Å². The average molecular weight is 183 g/mol. The molecule has 2 heteroatoms. The lowest BCUT2D eigenvalue weighted by Gasteiger charge is -2.19. The summed E-state index contributed by atoms with van der Waals surface area (Å²) in [5.74, 6) is 0.124. The summed E-state index contributed by atoms with van der Waals surface area (Å²) in [6, 6.07) is 0. The molecule has 0 aromatic carbocycles. The molecule has 76 valence electrons. The third-order valence-electron chi connectivity index (χ3n) is 2.19. The van der Waals surface area contributed by atoms with Crippen LogP contribution < -0.4 is 0 Å². The van der Waals surface area contributed by atoms with Gasteiger partial charge in [-0.05, 0) is 26.7 Å². The van der Waals surface area contributed by atoms with Crippen molar-refractivity contribution in [1.29, 1.82) is 0 Å². The summed E-state index contributed by atoms with van der Waals surface area (Å²) in [5, 5.41) is 0. The van der Waals surface area contributed by atoms with Gasteiger partial charge in [0.2, 0.25) is 5.91 Å². The Morgan fingerprint density at radius 3 is 2.15 bits per heavy atom. The molecule has 0 saturated heterocycles. The molecule has 13 heavy (non-hydrogen) atoms. The molecule has 0 aliphatic carbocycles. The number of nitrogens with zero attached hydrogens (tertiary/aromatic N) is 1. The van der Waals surface area contributed by atoms with Gasteiger partial charge >= 0.3 is 0 Å². The monoisotopic (exact) mass is 183 g/mol. The number of carbonyl (C=O) groups is 1. The lowest BCUT2D eigenvalue weighted by atomic mass is 10.1. The number of rotatable bonds is 6. The molecule has 0 atom stereocenters. The second-order valence-electron chi connectivity index (χ2n) is 3.18. The Hall–Kier alpha value is -0.790. The Morgan fingerprint density at radius 2 is 1.77 bits per heavy atom. The van der Waals surface area contributed by atoms with Crippen LogP contribution in [0.3, 0.4) is 0 Å². The van der Waals surface area contributed by atoms with E-state index in [2.05, 4.69) is 13.5 Å². The fourth-order valence-corrected chi connectivity index (χ4v) is 1.23. The third-order valence-corrected chi connectivity index (χ3v) is 2.19. The van der Waals surface area contributed by atoms with E-state index in [1.807, 2.05) is 18.7 Å². The molecule has 0 spiro atoms. The van der Waals surface area contributed by atoms with E-state index >= 15 is 0 Å². The summed E-state index contributed by atoms with van der Waals surface area (Å²) >= 11 is 0. The standard InChI is InChI=1S/C11H21NO/c1-5-8-9-10(4)11(13)12(6-2)7-3/h4-9H2,1-3H3. The summed E-state index contributed by atoms with van der Waals surface area (Å²) < 4.78 is 0. The highest BCUT2D eigenvalue weighted by atomic mass is 16.2. The number of likely N-dealkylation sites (N-methyl/N-ethyl adjacent to an activating group) is 1. The number of hydrogen-bond donors (Lipinski definition) is 0. The molecule has 0 N–H and O–H groups in total. The Labute approximate surface area is 81.6 Å². The minimum Gasteiger partial charge on any atom is -0.340 e. The van der Waals surface area contributed by atoms with Crippen LogP contribution in [0.15, 0.2) is 12.2 Å². The second-order valence-corrected chi connectivity index (χ2v) is 3.18. The number of carbonyl (C=O) groups excluding carboxylic acids is 1. The lowest BCUT2D eigenvalue weighted by molar-refractivity contribution is -0.126. The first kappa shape index (κ1) is 12.2. The van der Waals surface area contributed by atoms with E-state index in [1.165, 1.54) is 0 Å². The van der Waals surface area contributed by atoms with Crippen LogP contribution in [0.25, 0.3) is 0 Å². The third kappa shape index (κ3) is 4.11. The molecule has 0 saturated carbocycles. The lowest BCUT2D eigenvalue weighted by Crippen LogP contribution is -2.31. The van der Waals surface area contributed by atoms with Crippen molar-refractivity contribution in [3.63, 3.8) is 0 Å². The van der Waals surface area contributed by atoms with Gasteiger partial charge in [0.05, 0.1) is 0 Å². The van der Waals surface area contributed by atoms with Gasteiger partial charge < -0.3 is 4.90 Å². The van der Waals surface area contributed by atoms with Gasteiger partial charge in [0.1, 0.15) is 0 Å². The van der Waals surface area contributed by atoms with Gasteiger partial charge in [0.25, 0.3) is 0 Å². The summed E-state index contributed by atoms with van der Waals surface area (Å²) in [7, 11) is 0. The molecule has 0 aromatic heterocycles. The van der Waals surface area contributed by atoms with E-state index in [0.29, 0.717) is 0 Å². The van der Waals surface area contributed by atoms with Crippen LogP contribution in [0, 0.1) is 0 Å². The SMILES string of the molecule is C=C(CCCC)C(=O)N(CC)CC. The van der Waals surface area contributed by atoms with Gasteiger partial charge in [-0.2, -0.15) is 0 Å². The molecule has 0 aliphatic rings. The highest BCUT2D eigenvalue weighted by molar-refractivity contribution is 5.92. The van der Waals surface area contributed by atoms with Crippen LogP contribution >= 0.6 is 0 Å². The maximum Gasteiger partial charge on any atom is 0.249 e. The molecule has 0 fully saturated rings. The Kier molecular flexibility index (Phi) is 6.29. The Balaban J connectivity index is 4.00. The van der Waals surface area contributed by atoms with E-state index < -0.39 is 0 Å². The summed E-state index contributed by atoms with van der Waals surface area (Å²) in [4.78, 5) is 13.5. The fourth-order valence-electron chi connectivity index (χ4n) is 1.23. The van der Waals surface area contributed by atoms with Crippen LogP contribution in [0.4, 0.5) is 0 Å². The molecular weight excluding hydrogens is 162 g/mol. The molecule has 0 aliphatic heterocycles. The molecule has 0 rings (SSSR count). The fraction of sp³-hybridized carbons (Fsp3) is 0.727. The summed E-state index contributed by atoms with van der Waals surface area (Å²) in [5.41, 5.74) is 0.755. The van der Waals surface area contributed by atoms with Crippen LogP contribution in [-0.2, 0) is 4.79 Å². The van der Waals surface area contributed by atoms with Crippen molar-refractivity contribution < 1.29 is 4.79 Å². The normalized spacial score (nSPS) is 9.77. The van der Waals surface area contributed by atoms with Crippen molar-refractivity contribution in [1.82, 2.24) is 4.90 Å². The number of unbranched alkanes of at least 4 members (excludes halogenated alkanes) is 1. The van der Waals surface area contributed by atoms with Gasteiger partial charge in [0.15, 0.2) is 0 Å². The maximum absolute atomic E-state index is 11.6. The molecule has 0 aromatic rings. The highest BCUT2D eigenvalue weighted by Crippen LogP contribution is 2.08. The van der Waals surface area contributed by atoms with Crippen LogP contribution in [-0.4, -0.2) is 23.9 Å². The van der Waals surface area contributed by atoms with Crippen molar-refractivity contribution in [3.05, 3.63) is 12.2 Å². The zero-order chi connectivity index (χ0) is 10.3. The molecule has 2 nitrogen and oxygen atoms in total. The zero-order valence-electron chi connectivity index (χ0n) is 9.10. The van der Waals surface area contributed by atoms with Gasteiger partial charge in [-0.15, -0.1) is 0 Å². The van der Waals surface area contributed by atoms with E-state index in [1.54, 1.807) is 0 Å². The highest BCUT2D eigenvalue weighted by Gasteiger charge is 2.12. The van der Waals surface area contributed by atoms with E-state index in [-0.39, 0.29) is 5.91 Å². The molecule has 1 amide bonds. The molecule has 0 radical (unpaired) electrons. The first-order chi connectivity index (χ1) is 6.17. The smallest absolute Gasteiger partial charge is 0.249 e. The molecule has 0 heterocycles. The van der Waals surface area contributed by atoms with Crippen LogP contribution in [0.1, 0.15) is 40.0 Å². The van der Waals surface area contributed by atoms with Crippen molar-refractivity contribution in [2.24, 2.45) is 0 Å². The van der Waals surface area contributed by atoms with Crippen molar-refractivity contribution in [2.75, 3.05) is 13.1 Å². The predicted molar refractivity (Wildman–Crippen MR) is 56.6 cm³/mol. The minimum absolute atomic E-state index is 0.124. The van der Waals surface area contributed by atoms with Gasteiger partial charge in [-0.1, -0.05) is 19.9 Å². The Morgan fingerprint density at radius 1 is 1.23 bits per heavy atom. The molecular formula is C11H21NO. The van der Waals surface area contributed by atoms with Crippen molar-refractivity contribution in [2.45, 2.75) is 40.0 Å². The molecule has 0 unspecified atom stereocenters. The summed E-state index contributed by atoms with van der Waals surface area (Å²) in [6.07, 6.45) is 3.02. The number of amides is 1. The molecule has 0 bridgehead atoms. The Bertz CT molecular complexity index is 171. The second kappa shape index (κ2) is 6.70. The number of hydrogen-bond acceptors (Lipinski definition) is 1. The first-order valence-corrected chi connectivity index (χ1v) is 5.14. The summed E-state index contributed by atoms with van der Waals surface area (Å²) in [6.45, 7) is 11.5. The van der Waals surface area contributed by atoms with Gasteiger partial charge in [-0.25, -0.2) is 0 Å². The van der Waals surface area contributed by atoms with Gasteiger partial charge in [-0.3, -0.25) is 4.79 Å². The average Bonchev–Trinajstić information content (AvgIpc) is 2.15. The van der Waals surface area contributed by atoms with Gasteiger partial charge in [0, 0.05) is 18.7 Å². The van der Waals surface area contributed by atoms with E-state index in [4.69, 9.17) is 0 Å². The van der Waals surface area contributed by atoms with Crippen LogP contribution in [0.2, 0.25) is 0 Å².